The monoisotopic (exact) mass is 488 g/mol. The summed E-state index contributed by atoms with van der Waals surface area (Å²) in [7, 11) is 1.60. The van der Waals surface area contributed by atoms with Gasteiger partial charge in [-0.2, -0.15) is 0 Å². The molecule has 0 radical (unpaired) electrons. The van der Waals surface area contributed by atoms with Gasteiger partial charge in [0.2, 0.25) is 5.91 Å². The maximum absolute atomic E-state index is 13.7. The molecule has 1 aromatic heterocycles. The Bertz CT molecular complexity index is 1040. The summed E-state index contributed by atoms with van der Waals surface area (Å²) in [5.74, 6) is 0.538. The highest BCUT2D eigenvalue weighted by Crippen LogP contribution is 2.46. The lowest BCUT2D eigenvalue weighted by atomic mass is 9.82. The van der Waals surface area contributed by atoms with Crippen molar-refractivity contribution in [2.75, 3.05) is 13.7 Å². The van der Waals surface area contributed by atoms with Crippen molar-refractivity contribution in [3.63, 3.8) is 0 Å². The van der Waals surface area contributed by atoms with Crippen molar-refractivity contribution in [1.29, 1.82) is 0 Å². The largest absolute Gasteiger partial charge is 0.394 e. The molecule has 0 bridgehead atoms. The van der Waals surface area contributed by atoms with Crippen LogP contribution in [0.5, 0.6) is 0 Å². The molecule has 10 heteroatoms. The van der Waals surface area contributed by atoms with Crippen LogP contribution in [0.4, 0.5) is 4.39 Å². The van der Waals surface area contributed by atoms with Gasteiger partial charge in [-0.05, 0) is 36.8 Å². The van der Waals surface area contributed by atoms with Crippen molar-refractivity contribution in [2.24, 2.45) is 17.8 Å². The normalized spacial score (nSPS) is 35.0. The molecule has 2 heterocycles. The van der Waals surface area contributed by atoms with Gasteiger partial charge in [-0.15, -0.1) is 5.10 Å². The molecular formula is C25H33FN4O5. The zero-order valence-electron chi connectivity index (χ0n) is 19.8. The molecule has 1 aliphatic heterocycles. The van der Waals surface area contributed by atoms with Gasteiger partial charge in [0.25, 0.3) is 0 Å². The summed E-state index contributed by atoms with van der Waals surface area (Å²) in [6, 6.07) is 4.85. The number of amides is 1. The van der Waals surface area contributed by atoms with Crippen LogP contribution in [0.1, 0.15) is 44.6 Å². The van der Waals surface area contributed by atoms with E-state index in [0.29, 0.717) is 23.1 Å². The summed E-state index contributed by atoms with van der Waals surface area (Å²) in [5, 5.41) is 40.1. The van der Waals surface area contributed by atoms with E-state index in [2.05, 4.69) is 10.3 Å². The first-order valence-corrected chi connectivity index (χ1v) is 12.4. The summed E-state index contributed by atoms with van der Waals surface area (Å²) in [6.45, 7) is -0.498. The van der Waals surface area contributed by atoms with Crippen LogP contribution >= 0.6 is 0 Å². The number of aromatic nitrogens is 3. The maximum Gasteiger partial charge on any atom is 0.227 e. The Kier molecular flexibility index (Phi) is 6.89. The number of carbonyl (C=O) groups is 1. The quantitative estimate of drug-likeness (QED) is 0.586. The molecule has 1 amide bonds. The van der Waals surface area contributed by atoms with E-state index in [4.69, 9.17) is 4.74 Å². The van der Waals surface area contributed by atoms with Crippen LogP contribution < -0.4 is 0 Å². The van der Waals surface area contributed by atoms with Gasteiger partial charge in [0.05, 0.1) is 12.8 Å². The molecule has 3 N–H and O–H groups in total. The minimum absolute atomic E-state index is 0.0886. The first-order valence-electron chi connectivity index (χ1n) is 12.4. The number of rotatable bonds is 5. The van der Waals surface area contributed by atoms with Crippen LogP contribution in [0.25, 0.3) is 11.3 Å². The Hall–Kier alpha value is -2.40. The lowest BCUT2D eigenvalue weighted by Gasteiger charge is -2.45. The fraction of sp³-hybridized carbons (Fsp3) is 0.640. The third-order valence-electron chi connectivity index (χ3n) is 8.12. The lowest BCUT2D eigenvalue weighted by Crippen LogP contribution is -2.61. The first kappa shape index (κ1) is 24.3. The molecule has 2 aliphatic carbocycles. The summed E-state index contributed by atoms with van der Waals surface area (Å²) in [5.41, 5.74) is 0.864. The minimum Gasteiger partial charge on any atom is -0.394 e. The molecule has 7 atom stereocenters. The van der Waals surface area contributed by atoms with Gasteiger partial charge in [-0.3, -0.25) is 4.79 Å². The minimum atomic E-state index is -1.33. The molecule has 1 aromatic carbocycles. The van der Waals surface area contributed by atoms with Crippen molar-refractivity contribution in [3.8, 4) is 11.3 Å². The number of fused-ring (bicyclic) bond motifs is 1. The van der Waals surface area contributed by atoms with Crippen molar-refractivity contribution in [3.05, 3.63) is 36.3 Å². The van der Waals surface area contributed by atoms with Gasteiger partial charge in [0, 0.05) is 18.5 Å². The van der Waals surface area contributed by atoms with E-state index in [1.54, 1.807) is 19.2 Å². The molecule has 2 aromatic rings. The smallest absolute Gasteiger partial charge is 0.227 e. The van der Waals surface area contributed by atoms with Crippen molar-refractivity contribution in [1.82, 2.24) is 19.9 Å². The molecule has 9 nitrogen and oxygen atoms in total. The number of hydrogen-bond donors (Lipinski definition) is 3. The van der Waals surface area contributed by atoms with E-state index < -0.39 is 43.0 Å². The second-order valence-corrected chi connectivity index (χ2v) is 10.2. The number of aliphatic hydroxyl groups is 3. The number of ether oxygens (including phenoxy) is 1. The molecule has 190 valence electrons. The second-order valence-electron chi connectivity index (χ2n) is 10.2. The fourth-order valence-electron chi connectivity index (χ4n) is 6.26. The number of benzene rings is 1. The maximum atomic E-state index is 13.7. The predicted molar refractivity (Wildman–Crippen MR) is 123 cm³/mol. The second kappa shape index (κ2) is 9.93. The van der Waals surface area contributed by atoms with Crippen LogP contribution in [0, 0.1) is 23.6 Å². The van der Waals surface area contributed by atoms with E-state index in [1.165, 1.54) is 53.6 Å². The van der Waals surface area contributed by atoms with Gasteiger partial charge in [0.15, 0.2) is 6.23 Å². The molecular weight excluding hydrogens is 455 g/mol. The highest BCUT2D eigenvalue weighted by atomic mass is 19.1. The fourth-order valence-corrected chi connectivity index (χ4v) is 6.26. The summed E-state index contributed by atoms with van der Waals surface area (Å²) in [4.78, 5) is 14.8. The number of aliphatic hydroxyl groups excluding tert-OH is 3. The molecule has 5 rings (SSSR count). The van der Waals surface area contributed by atoms with Crippen molar-refractivity contribution in [2.45, 2.75) is 69.1 Å². The van der Waals surface area contributed by atoms with Crippen LogP contribution in [0.3, 0.4) is 0 Å². The topological polar surface area (TPSA) is 121 Å². The number of nitrogens with zero attached hydrogens (tertiary/aromatic N) is 4. The summed E-state index contributed by atoms with van der Waals surface area (Å²) >= 11 is 0. The van der Waals surface area contributed by atoms with Gasteiger partial charge in [-0.25, -0.2) is 9.07 Å². The molecule has 2 unspecified atom stereocenters. The third-order valence-corrected chi connectivity index (χ3v) is 8.12. The predicted octanol–water partition coefficient (Wildman–Crippen LogP) is 1.74. The Morgan fingerprint density at radius 1 is 1.20 bits per heavy atom. The standard InChI is InChI=1S/C25H33FN4O5/c1-29(24(34)17-9-14-5-2-3-6-15(14)10-17)25-23(33)21(22(32)20(13-31)35-25)30-12-19(27-28-30)16-7-4-8-18(26)11-16/h4,7-8,11-12,14-15,17,20-23,25,31-33H,2-3,5-6,9-10,13H2,1H3/t14?,15?,17?,20-,21+,22+,23-,25-/m1/s1. The van der Waals surface area contributed by atoms with Crippen LogP contribution in [0.15, 0.2) is 30.5 Å². The molecule has 0 spiro atoms. The average Bonchev–Trinajstić information content (AvgIpc) is 3.51. The highest BCUT2D eigenvalue weighted by Gasteiger charge is 2.49. The van der Waals surface area contributed by atoms with E-state index in [0.717, 1.165) is 12.8 Å². The first-order chi connectivity index (χ1) is 16.9. The number of halogens is 1. The lowest BCUT2D eigenvalue weighted by molar-refractivity contribution is -0.242. The highest BCUT2D eigenvalue weighted by molar-refractivity contribution is 5.79. The summed E-state index contributed by atoms with van der Waals surface area (Å²) < 4.78 is 20.8. The molecule has 3 aliphatic rings. The Labute approximate surface area is 203 Å². The Morgan fingerprint density at radius 3 is 2.57 bits per heavy atom. The van der Waals surface area contributed by atoms with E-state index in [-0.39, 0.29) is 11.8 Å². The zero-order valence-corrected chi connectivity index (χ0v) is 19.8. The van der Waals surface area contributed by atoms with E-state index in [1.807, 2.05) is 0 Å². The van der Waals surface area contributed by atoms with Gasteiger partial charge >= 0.3 is 0 Å². The van der Waals surface area contributed by atoms with Crippen LogP contribution in [-0.2, 0) is 9.53 Å². The van der Waals surface area contributed by atoms with E-state index >= 15 is 0 Å². The Balaban J connectivity index is 1.36. The SMILES string of the molecule is CN(C(=O)C1CC2CCCCC2C1)[C@@H]1O[C@H](CO)[C@H](O)[C@H](n2cc(-c3cccc(F)c3)nn2)[C@H]1O. The van der Waals surface area contributed by atoms with Crippen LogP contribution in [0.2, 0.25) is 0 Å². The molecule has 3 fully saturated rings. The van der Waals surface area contributed by atoms with Crippen molar-refractivity contribution < 1.29 is 29.2 Å². The van der Waals surface area contributed by atoms with Gasteiger partial charge in [-0.1, -0.05) is 43.0 Å². The van der Waals surface area contributed by atoms with Crippen LogP contribution in [-0.4, -0.2) is 79.3 Å². The van der Waals surface area contributed by atoms with E-state index in [9.17, 15) is 24.5 Å². The third kappa shape index (κ3) is 4.60. The number of carbonyl (C=O) groups excluding carboxylic acids is 1. The number of likely N-dealkylation sites (N-methyl/N-ethyl adjacent to an activating group) is 1. The average molecular weight is 489 g/mol. The van der Waals surface area contributed by atoms with Crippen molar-refractivity contribution >= 4 is 5.91 Å². The zero-order chi connectivity index (χ0) is 24.7. The van der Waals surface area contributed by atoms with Gasteiger partial charge < -0.3 is 25.0 Å². The Morgan fingerprint density at radius 2 is 1.91 bits per heavy atom. The van der Waals surface area contributed by atoms with Gasteiger partial charge in [0.1, 0.15) is 35.9 Å². The molecule has 35 heavy (non-hydrogen) atoms. The number of hydrogen-bond acceptors (Lipinski definition) is 7. The summed E-state index contributed by atoms with van der Waals surface area (Å²) in [6.07, 6.45) is 3.26. The molecule has 1 saturated heterocycles. The molecule has 2 saturated carbocycles.